The van der Waals surface area contributed by atoms with Gasteiger partial charge in [-0.15, -0.1) is 11.3 Å². The topological polar surface area (TPSA) is 88.0 Å². The molecule has 16 heavy (non-hydrogen) atoms. The third-order valence-corrected chi connectivity index (χ3v) is 2.78. The summed E-state index contributed by atoms with van der Waals surface area (Å²) in [4.78, 5) is 19.0. The fourth-order valence-electron chi connectivity index (χ4n) is 1.22. The van der Waals surface area contributed by atoms with Gasteiger partial charge in [-0.05, 0) is 19.4 Å². The molecule has 0 fully saturated rings. The minimum atomic E-state index is -0.310. The third-order valence-electron chi connectivity index (χ3n) is 1.78. The summed E-state index contributed by atoms with van der Waals surface area (Å²) in [5.41, 5.74) is 8.89. The lowest BCUT2D eigenvalue weighted by atomic mass is 10.3. The number of carbonyl (C=O) groups excluding carboxylic acids is 1. The molecule has 1 aromatic rings. The van der Waals surface area contributed by atoms with E-state index < -0.39 is 0 Å². The zero-order valence-electron chi connectivity index (χ0n) is 9.13. The number of hydrogen-bond acceptors (Lipinski definition) is 5. The van der Waals surface area contributed by atoms with E-state index in [1.54, 1.807) is 6.92 Å². The summed E-state index contributed by atoms with van der Waals surface area (Å²) in [6, 6.07) is 0. The van der Waals surface area contributed by atoms with Gasteiger partial charge in [0.1, 0.15) is 0 Å². The quantitative estimate of drug-likeness (QED) is 0.342. The SMILES string of the molecule is CCOC(=O)Cc1nc(C)sc1CN=[N+]=[N-]. The van der Waals surface area contributed by atoms with Crippen LogP contribution in [0, 0.1) is 6.92 Å². The number of hydrogen-bond donors (Lipinski definition) is 0. The van der Waals surface area contributed by atoms with E-state index in [2.05, 4.69) is 15.0 Å². The molecule has 0 aromatic carbocycles. The maximum atomic E-state index is 11.3. The molecule has 1 aromatic heterocycles. The van der Waals surface area contributed by atoms with Gasteiger partial charge in [-0.1, -0.05) is 5.11 Å². The Morgan fingerprint density at radius 2 is 2.44 bits per heavy atom. The molecule has 6 nitrogen and oxygen atoms in total. The highest BCUT2D eigenvalue weighted by Crippen LogP contribution is 2.19. The van der Waals surface area contributed by atoms with Crippen molar-refractivity contribution in [1.29, 1.82) is 0 Å². The lowest BCUT2D eigenvalue weighted by molar-refractivity contribution is -0.142. The molecular weight excluding hydrogens is 228 g/mol. The second kappa shape index (κ2) is 6.09. The first-order valence-electron chi connectivity index (χ1n) is 4.79. The van der Waals surface area contributed by atoms with Crippen molar-refractivity contribution in [3.63, 3.8) is 0 Å². The molecule has 0 aliphatic rings. The van der Waals surface area contributed by atoms with E-state index in [9.17, 15) is 4.79 Å². The Balaban J connectivity index is 2.77. The second-order valence-electron chi connectivity index (χ2n) is 2.97. The van der Waals surface area contributed by atoms with Crippen LogP contribution in [0.5, 0.6) is 0 Å². The fraction of sp³-hybridized carbons (Fsp3) is 0.556. The van der Waals surface area contributed by atoms with Crippen LogP contribution in [-0.4, -0.2) is 17.6 Å². The number of azide groups is 1. The fourth-order valence-corrected chi connectivity index (χ4v) is 2.09. The highest BCUT2D eigenvalue weighted by Gasteiger charge is 2.13. The molecular formula is C9H12N4O2S. The van der Waals surface area contributed by atoms with Gasteiger partial charge < -0.3 is 4.74 Å². The molecule has 0 radical (unpaired) electrons. The molecule has 86 valence electrons. The molecule has 7 heteroatoms. The van der Waals surface area contributed by atoms with Crippen molar-refractivity contribution in [2.75, 3.05) is 6.61 Å². The summed E-state index contributed by atoms with van der Waals surface area (Å²) in [7, 11) is 0. The molecule has 0 aliphatic carbocycles. The second-order valence-corrected chi connectivity index (χ2v) is 4.26. The molecule has 0 aliphatic heterocycles. The third kappa shape index (κ3) is 3.52. The number of rotatable bonds is 5. The Labute approximate surface area is 96.9 Å². The van der Waals surface area contributed by atoms with Gasteiger partial charge in [0.25, 0.3) is 0 Å². The van der Waals surface area contributed by atoms with E-state index in [1.165, 1.54) is 11.3 Å². The van der Waals surface area contributed by atoms with Gasteiger partial charge >= 0.3 is 5.97 Å². The van der Waals surface area contributed by atoms with Crippen LogP contribution in [0.4, 0.5) is 0 Å². The summed E-state index contributed by atoms with van der Waals surface area (Å²) in [6.45, 7) is 4.19. The zero-order valence-corrected chi connectivity index (χ0v) is 9.95. The van der Waals surface area contributed by atoms with Crippen LogP contribution in [0.15, 0.2) is 5.11 Å². The summed E-state index contributed by atoms with van der Waals surface area (Å²) >= 11 is 1.43. The van der Waals surface area contributed by atoms with Gasteiger partial charge in [0.15, 0.2) is 0 Å². The molecule has 0 atom stereocenters. The first kappa shape index (κ1) is 12.5. The van der Waals surface area contributed by atoms with Crippen LogP contribution in [0.3, 0.4) is 0 Å². The Bertz CT molecular complexity index is 423. The number of aryl methyl sites for hydroxylation is 1. The molecule has 0 amide bonds. The van der Waals surface area contributed by atoms with Gasteiger partial charge in [0.05, 0.1) is 30.3 Å². The van der Waals surface area contributed by atoms with Crippen LogP contribution < -0.4 is 0 Å². The van der Waals surface area contributed by atoms with Crippen LogP contribution >= 0.6 is 11.3 Å². The maximum Gasteiger partial charge on any atom is 0.311 e. The van der Waals surface area contributed by atoms with Gasteiger partial charge in [-0.2, -0.15) is 0 Å². The smallest absolute Gasteiger partial charge is 0.311 e. The average Bonchev–Trinajstić information content (AvgIpc) is 2.56. The predicted molar refractivity (Wildman–Crippen MR) is 60.0 cm³/mol. The van der Waals surface area contributed by atoms with Crippen molar-refractivity contribution in [3.8, 4) is 0 Å². The molecule has 0 bridgehead atoms. The number of ether oxygens (including phenoxy) is 1. The molecule has 0 saturated carbocycles. The van der Waals surface area contributed by atoms with E-state index in [-0.39, 0.29) is 18.9 Å². The molecule has 0 unspecified atom stereocenters. The standard InChI is InChI=1S/C9H12N4O2S/c1-3-15-9(14)4-7-8(5-11-13-10)16-6(2)12-7/h3-5H2,1-2H3. The Hall–Kier alpha value is -1.59. The highest BCUT2D eigenvalue weighted by molar-refractivity contribution is 7.11. The van der Waals surface area contributed by atoms with Gasteiger partial charge in [0.2, 0.25) is 0 Å². The summed E-state index contributed by atoms with van der Waals surface area (Å²) in [6.07, 6.45) is 0.133. The number of carbonyl (C=O) groups is 1. The average molecular weight is 240 g/mol. The minimum Gasteiger partial charge on any atom is -0.466 e. The lowest BCUT2D eigenvalue weighted by Gasteiger charge is -2.00. The maximum absolute atomic E-state index is 11.3. The number of thiazole rings is 1. The van der Waals surface area contributed by atoms with Crippen LogP contribution in [0.2, 0.25) is 0 Å². The van der Waals surface area contributed by atoms with Gasteiger partial charge in [0, 0.05) is 9.79 Å². The Kier molecular flexibility index (Phi) is 4.75. The number of aromatic nitrogens is 1. The first-order valence-corrected chi connectivity index (χ1v) is 5.60. The molecule has 0 N–H and O–H groups in total. The Morgan fingerprint density at radius 1 is 1.69 bits per heavy atom. The van der Waals surface area contributed by atoms with Crippen molar-refractivity contribution in [1.82, 2.24) is 4.98 Å². The van der Waals surface area contributed by atoms with E-state index in [0.29, 0.717) is 12.3 Å². The predicted octanol–water partition coefficient (Wildman–Crippen LogP) is 2.37. The zero-order chi connectivity index (χ0) is 12.0. The van der Waals surface area contributed by atoms with E-state index in [0.717, 1.165) is 9.88 Å². The van der Waals surface area contributed by atoms with Crippen molar-refractivity contribution in [2.24, 2.45) is 5.11 Å². The van der Waals surface area contributed by atoms with Crippen LogP contribution in [0.1, 0.15) is 22.5 Å². The van der Waals surface area contributed by atoms with Crippen molar-refractivity contribution in [3.05, 3.63) is 26.0 Å². The molecule has 0 spiro atoms. The van der Waals surface area contributed by atoms with Crippen molar-refractivity contribution < 1.29 is 9.53 Å². The molecule has 0 saturated heterocycles. The van der Waals surface area contributed by atoms with Crippen molar-refractivity contribution in [2.45, 2.75) is 26.8 Å². The largest absolute Gasteiger partial charge is 0.466 e. The van der Waals surface area contributed by atoms with E-state index in [1.807, 2.05) is 6.92 Å². The minimum absolute atomic E-state index is 0.133. The monoisotopic (exact) mass is 240 g/mol. The lowest BCUT2D eigenvalue weighted by Crippen LogP contribution is -2.09. The summed E-state index contributed by atoms with van der Waals surface area (Å²) in [5, 5.41) is 4.32. The normalized spacial score (nSPS) is 9.62. The van der Waals surface area contributed by atoms with Crippen molar-refractivity contribution >= 4 is 17.3 Å². The van der Waals surface area contributed by atoms with E-state index >= 15 is 0 Å². The van der Waals surface area contributed by atoms with Crippen LogP contribution in [0.25, 0.3) is 10.4 Å². The number of esters is 1. The summed E-state index contributed by atoms with van der Waals surface area (Å²) < 4.78 is 4.84. The Morgan fingerprint density at radius 3 is 3.06 bits per heavy atom. The molecule has 1 rings (SSSR count). The first-order chi connectivity index (χ1) is 7.67. The summed E-state index contributed by atoms with van der Waals surface area (Å²) in [5.74, 6) is -0.310. The highest BCUT2D eigenvalue weighted by atomic mass is 32.1. The van der Waals surface area contributed by atoms with Gasteiger partial charge in [-0.25, -0.2) is 4.98 Å². The van der Waals surface area contributed by atoms with E-state index in [4.69, 9.17) is 10.3 Å². The number of nitrogens with zero attached hydrogens (tertiary/aromatic N) is 4. The van der Waals surface area contributed by atoms with Crippen LogP contribution in [-0.2, 0) is 22.5 Å². The molecule has 1 heterocycles. The van der Waals surface area contributed by atoms with Gasteiger partial charge in [-0.3, -0.25) is 4.79 Å².